The number of aliphatic hydroxyl groups excluding tert-OH is 1. The molecule has 1 heterocycles. The summed E-state index contributed by atoms with van der Waals surface area (Å²) in [5.41, 5.74) is 3.40. The van der Waals surface area contributed by atoms with Crippen molar-refractivity contribution in [1.29, 1.82) is 0 Å². The Hall–Kier alpha value is -2.96. The molecule has 3 atom stereocenters. The Morgan fingerprint density at radius 2 is 1.86 bits per heavy atom. The van der Waals surface area contributed by atoms with Gasteiger partial charge in [-0.2, -0.15) is 0 Å². The normalized spacial score (nSPS) is 21.2. The Kier molecular flexibility index (Phi) is 10.9. The molecule has 0 unspecified atom stereocenters. The number of nitrogens with one attached hydrogen (secondary N) is 2. The van der Waals surface area contributed by atoms with Crippen LogP contribution in [0.5, 0.6) is 0 Å². The van der Waals surface area contributed by atoms with Gasteiger partial charge in [0.25, 0.3) is 11.8 Å². The molecule has 1 aliphatic rings. The fourth-order valence-electron chi connectivity index (χ4n) is 4.72. The van der Waals surface area contributed by atoms with Crippen molar-refractivity contribution < 1.29 is 14.7 Å². The summed E-state index contributed by atoms with van der Waals surface area (Å²) in [6.07, 6.45) is 5.92. The Morgan fingerprint density at radius 3 is 2.62 bits per heavy atom. The maximum Gasteiger partial charge on any atom is 0.253 e. The van der Waals surface area contributed by atoms with Crippen LogP contribution < -0.4 is 10.6 Å². The van der Waals surface area contributed by atoms with Gasteiger partial charge in [0.1, 0.15) is 0 Å². The monoisotopic (exact) mass is 505 g/mol. The van der Waals surface area contributed by atoms with E-state index in [-0.39, 0.29) is 17.7 Å². The highest BCUT2D eigenvalue weighted by atomic mass is 16.3. The van der Waals surface area contributed by atoms with Crippen LogP contribution in [0.15, 0.2) is 60.7 Å². The third-order valence-corrected chi connectivity index (χ3v) is 7.01. The highest BCUT2D eigenvalue weighted by molar-refractivity contribution is 5.99. The van der Waals surface area contributed by atoms with E-state index in [9.17, 15) is 14.7 Å². The summed E-state index contributed by atoms with van der Waals surface area (Å²) >= 11 is 0. The van der Waals surface area contributed by atoms with Crippen molar-refractivity contribution in [3.8, 4) is 0 Å². The molecule has 0 saturated heterocycles. The molecule has 200 valence electrons. The van der Waals surface area contributed by atoms with Gasteiger partial charge in [0.15, 0.2) is 0 Å². The van der Waals surface area contributed by atoms with Crippen LogP contribution in [0.25, 0.3) is 0 Å². The minimum Gasteiger partial charge on any atom is -0.390 e. The Labute approximate surface area is 222 Å². The molecule has 1 aliphatic heterocycles. The number of amides is 2. The summed E-state index contributed by atoms with van der Waals surface area (Å²) in [7, 11) is 0. The first-order valence-electron chi connectivity index (χ1n) is 13.6. The molecule has 0 radical (unpaired) electrons. The topological polar surface area (TPSA) is 81.7 Å². The van der Waals surface area contributed by atoms with Gasteiger partial charge in [0, 0.05) is 37.3 Å². The van der Waals surface area contributed by atoms with E-state index >= 15 is 0 Å². The predicted octanol–water partition coefficient (Wildman–Crippen LogP) is 4.90. The Balaban J connectivity index is 1.74. The second-order valence-electron chi connectivity index (χ2n) is 10.4. The van der Waals surface area contributed by atoms with Crippen molar-refractivity contribution in [2.45, 2.75) is 71.6 Å². The van der Waals surface area contributed by atoms with Gasteiger partial charge in [-0.25, -0.2) is 0 Å². The summed E-state index contributed by atoms with van der Waals surface area (Å²) in [6.45, 7) is 10.7. The largest absolute Gasteiger partial charge is 0.390 e. The van der Waals surface area contributed by atoms with E-state index in [4.69, 9.17) is 0 Å². The molecule has 37 heavy (non-hydrogen) atoms. The van der Waals surface area contributed by atoms with E-state index < -0.39 is 12.1 Å². The van der Waals surface area contributed by atoms with Crippen molar-refractivity contribution in [3.63, 3.8) is 0 Å². The molecule has 2 bridgehead atoms. The van der Waals surface area contributed by atoms with E-state index in [1.807, 2.05) is 11.8 Å². The molecule has 0 aliphatic carbocycles. The summed E-state index contributed by atoms with van der Waals surface area (Å²) < 4.78 is 0. The van der Waals surface area contributed by atoms with Crippen LogP contribution in [-0.4, -0.2) is 53.6 Å². The summed E-state index contributed by atoms with van der Waals surface area (Å²) in [5, 5.41) is 17.5. The molecule has 2 aromatic rings. The second kappa shape index (κ2) is 14.1. The summed E-state index contributed by atoms with van der Waals surface area (Å²) in [5.74, 6) is 0.301. The molecule has 0 saturated carbocycles. The molecular formula is C31H43N3O3. The SMILES string of the molecule is CCN1CCC/C=C/[C@@H](C)C[C@@H]([C@H](O)CNCc2cccc(C(C)C)c2)NC(=O)c2cccc(c2)C1=O. The van der Waals surface area contributed by atoms with Crippen molar-refractivity contribution in [1.82, 2.24) is 15.5 Å². The zero-order valence-electron chi connectivity index (χ0n) is 22.7. The van der Waals surface area contributed by atoms with E-state index in [0.717, 1.165) is 12.8 Å². The lowest BCUT2D eigenvalue weighted by atomic mass is 9.96. The molecule has 2 aromatic carbocycles. The van der Waals surface area contributed by atoms with E-state index in [1.165, 1.54) is 11.1 Å². The van der Waals surface area contributed by atoms with Gasteiger partial charge < -0.3 is 20.6 Å². The van der Waals surface area contributed by atoms with Crippen molar-refractivity contribution in [2.24, 2.45) is 5.92 Å². The Morgan fingerprint density at radius 1 is 1.11 bits per heavy atom. The molecule has 0 aromatic heterocycles. The number of hydrogen-bond donors (Lipinski definition) is 3. The number of carbonyl (C=O) groups excluding carboxylic acids is 2. The van der Waals surface area contributed by atoms with Crippen LogP contribution in [0, 0.1) is 5.92 Å². The first-order valence-corrected chi connectivity index (χ1v) is 13.6. The van der Waals surface area contributed by atoms with Crippen LogP contribution in [-0.2, 0) is 6.54 Å². The number of carbonyl (C=O) groups is 2. The number of aliphatic hydroxyl groups is 1. The van der Waals surface area contributed by atoms with Crippen LogP contribution in [0.2, 0.25) is 0 Å². The van der Waals surface area contributed by atoms with E-state index in [0.29, 0.717) is 49.6 Å². The third kappa shape index (κ3) is 8.54. The number of allylic oxidation sites excluding steroid dienone is 2. The number of nitrogens with zero attached hydrogens (tertiary/aromatic N) is 1. The number of fused-ring (bicyclic) bond motifs is 2. The highest BCUT2D eigenvalue weighted by Gasteiger charge is 2.24. The minimum atomic E-state index is -0.760. The molecule has 6 nitrogen and oxygen atoms in total. The van der Waals surface area contributed by atoms with Crippen LogP contribution in [0.3, 0.4) is 0 Å². The molecular weight excluding hydrogens is 462 g/mol. The highest BCUT2D eigenvalue weighted by Crippen LogP contribution is 2.17. The first kappa shape index (κ1) is 28.6. The summed E-state index contributed by atoms with van der Waals surface area (Å²) in [4.78, 5) is 28.1. The fourth-order valence-corrected chi connectivity index (χ4v) is 4.72. The molecule has 3 rings (SSSR count). The average Bonchev–Trinajstić information content (AvgIpc) is 2.89. The van der Waals surface area contributed by atoms with Crippen molar-refractivity contribution in [3.05, 3.63) is 82.9 Å². The van der Waals surface area contributed by atoms with Gasteiger partial charge in [-0.3, -0.25) is 9.59 Å². The molecule has 0 fully saturated rings. The average molecular weight is 506 g/mol. The van der Waals surface area contributed by atoms with Gasteiger partial charge in [-0.1, -0.05) is 63.3 Å². The maximum absolute atomic E-state index is 13.2. The molecule has 0 spiro atoms. The van der Waals surface area contributed by atoms with Gasteiger partial charge in [-0.05, 0) is 67.3 Å². The van der Waals surface area contributed by atoms with Crippen LogP contribution in [0.4, 0.5) is 0 Å². The lowest BCUT2D eigenvalue weighted by molar-refractivity contribution is 0.0763. The van der Waals surface area contributed by atoms with Gasteiger partial charge in [-0.15, -0.1) is 0 Å². The first-order chi connectivity index (χ1) is 17.8. The van der Waals surface area contributed by atoms with Gasteiger partial charge in [0.05, 0.1) is 12.1 Å². The van der Waals surface area contributed by atoms with Crippen molar-refractivity contribution in [2.75, 3.05) is 19.6 Å². The van der Waals surface area contributed by atoms with Crippen LogP contribution in [0.1, 0.15) is 84.7 Å². The third-order valence-electron chi connectivity index (χ3n) is 7.01. The van der Waals surface area contributed by atoms with E-state index in [2.05, 4.69) is 67.8 Å². The second-order valence-corrected chi connectivity index (χ2v) is 10.4. The molecule has 3 N–H and O–H groups in total. The standard InChI is InChI=1S/C31H43N3O3/c1-5-34-16-8-6-7-11-23(4)17-28(33-30(36)26-14-10-15-27(19-26)31(34)37)29(35)21-32-20-24-12-9-13-25(18-24)22(2)3/h7,9-15,18-19,22-23,28-29,32,35H,5-6,8,16-17,20-21H2,1-4H3,(H,33,36)/b11-7+/t23-,28+,29-/m1/s1. The van der Waals surface area contributed by atoms with Crippen molar-refractivity contribution >= 4 is 11.8 Å². The van der Waals surface area contributed by atoms with Gasteiger partial charge >= 0.3 is 0 Å². The quantitative estimate of drug-likeness (QED) is 0.468. The number of rotatable bonds is 7. The van der Waals surface area contributed by atoms with E-state index in [1.54, 1.807) is 24.3 Å². The molecule has 2 amide bonds. The predicted molar refractivity (Wildman–Crippen MR) is 150 cm³/mol. The van der Waals surface area contributed by atoms with Crippen LogP contribution >= 0.6 is 0 Å². The lowest BCUT2D eigenvalue weighted by Crippen LogP contribution is -2.48. The minimum absolute atomic E-state index is 0.0632. The summed E-state index contributed by atoms with van der Waals surface area (Å²) in [6, 6.07) is 14.9. The number of hydrogen-bond acceptors (Lipinski definition) is 4. The number of benzene rings is 2. The smallest absolute Gasteiger partial charge is 0.253 e. The zero-order valence-corrected chi connectivity index (χ0v) is 22.7. The Bertz CT molecular complexity index is 1070. The fraction of sp³-hybridized carbons (Fsp3) is 0.484. The van der Waals surface area contributed by atoms with Gasteiger partial charge in [0.2, 0.25) is 0 Å². The lowest BCUT2D eigenvalue weighted by Gasteiger charge is -2.26. The zero-order chi connectivity index (χ0) is 26.8. The molecule has 6 heteroatoms. The maximum atomic E-state index is 13.2.